The molecule has 0 spiro atoms. The number of benzene rings is 3. The molecule has 1 aliphatic rings. The van der Waals surface area contributed by atoms with E-state index >= 15 is 0 Å². The lowest BCUT2D eigenvalue weighted by atomic mass is 9.95. The van der Waals surface area contributed by atoms with Gasteiger partial charge in [-0.15, -0.1) is 0 Å². The van der Waals surface area contributed by atoms with Gasteiger partial charge in [-0.05, 0) is 103 Å². The van der Waals surface area contributed by atoms with Gasteiger partial charge >= 0.3 is 5.97 Å². The number of carbonyl (C=O) groups excluding carboxylic acids is 1. The lowest BCUT2D eigenvalue weighted by molar-refractivity contribution is -0.139. The minimum atomic E-state index is -0.807. The van der Waals surface area contributed by atoms with Crippen LogP contribution in [-0.4, -0.2) is 30.4 Å². The summed E-state index contributed by atoms with van der Waals surface area (Å²) in [4.78, 5) is 32.5. The number of methoxy groups -OCH3 is 1. The number of hydrogen-bond acceptors (Lipinski definition) is 8. The Morgan fingerprint density at radius 2 is 1.85 bits per heavy atom. The van der Waals surface area contributed by atoms with Crippen LogP contribution in [-0.2, 0) is 16.1 Å². The topological polar surface area (TPSA) is 88.4 Å². The molecule has 0 bridgehead atoms. The van der Waals surface area contributed by atoms with Gasteiger partial charge in [0.05, 0.1) is 51.2 Å². The number of aromatic nitrogens is 1. The fourth-order valence-electron chi connectivity index (χ4n) is 5.00. The van der Waals surface area contributed by atoms with E-state index < -0.39 is 12.0 Å². The second-order valence-corrected chi connectivity index (χ2v) is 13.3. The number of esters is 1. The fraction of sp³-hybridized carbons (Fsp3) is 0.265. The van der Waals surface area contributed by atoms with Gasteiger partial charge in [-0.3, -0.25) is 9.36 Å². The summed E-state index contributed by atoms with van der Waals surface area (Å²) in [6.45, 7) is 7.78. The molecule has 5 rings (SSSR count). The van der Waals surface area contributed by atoms with E-state index in [0.29, 0.717) is 64.5 Å². The number of ether oxygens (including phenoxy) is 4. The van der Waals surface area contributed by atoms with E-state index in [1.54, 1.807) is 57.4 Å². The molecule has 8 nitrogen and oxygen atoms in total. The molecule has 1 aromatic heterocycles. The van der Waals surface area contributed by atoms with Crippen molar-refractivity contribution in [2.75, 3.05) is 13.7 Å². The summed E-state index contributed by atoms with van der Waals surface area (Å²) < 4.78 is 25.5. The molecule has 240 valence electrons. The maximum atomic E-state index is 14.1. The molecule has 0 radical (unpaired) electrons. The molecule has 0 unspecified atom stereocenters. The maximum Gasteiger partial charge on any atom is 0.338 e. The summed E-state index contributed by atoms with van der Waals surface area (Å²) in [5.74, 6) is 0.956. The molecule has 0 N–H and O–H groups in total. The molecule has 1 aliphatic heterocycles. The second kappa shape index (κ2) is 14.5. The molecular weight excluding hydrogens is 715 g/mol. The zero-order valence-electron chi connectivity index (χ0n) is 25.7. The van der Waals surface area contributed by atoms with Crippen molar-refractivity contribution in [2.45, 2.75) is 46.4 Å². The molecule has 0 saturated carbocycles. The molecule has 0 fully saturated rings. The van der Waals surface area contributed by atoms with Gasteiger partial charge in [0.2, 0.25) is 0 Å². The molecule has 0 saturated heterocycles. The van der Waals surface area contributed by atoms with Crippen molar-refractivity contribution in [3.8, 4) is 17.2 Å². The maximum absolute atomic E-state index is 14.1. The monoisotopic (exact) mass is 744 g/mol. The Balaban J connectivity index is 1.57. The van der Waals surface area contributed by atoms with Crippen LogP contribution in [0.5, 0.6) is 17.2 Å². The fourth-order valence-corrected chi connectivity index (χ4v) is 7.16. The smallest absolute Gasteiger partial charge is 0.338 e. The van der Waals surface area contributed by atoms with E-state index in [0.717, 1.165) is 5.56 Å². The number of rotatable bonds is 10. The van der Waals surface area contributed by atoms with Crippen molar-refractivity contribution in [1.29, 1.82) is 0 Å². The van der Waals surface area contributed by atoms with Gasteiger partial charge in [0, 0.05) is 5.02 Å². The molecular formula is C34H31BrCl2N2O6S. The van der Waals surface area contributed by atoms with Gasteiger partial charge in [0.1, 0.15) is 6.61 Å². The van der Waals surface area contributed by atoms with E-state index in [1.807, 2.05) is 38.1 Å². The molecule has 3 aromatic carbocycles. The highest BCUT2D eigenvalue weighted by molar-refractivity contribution is 9.10. The standard InChI is InChI=1S/C34H31BrCl2N2O6S/c1-6-43-33(41)29-19(4)38-34-39(30(29)22-9-12-26(45-18(2)3)27(16-22)42-5)32(40)28(46-34)15-21-13-24(35)31(25(37)14-21)44-17-20-7-10-23(36)11-8-20/h7-16,18,30H,6,17H2,1-5H3/b28-15-/t30-/m0/s1. The quantitative estimate of drug-likeness (QED) is 0.159. The summed E-state index contributed by atoms with van der Waals surface area (Å²) in [7, 11) is 1.54. The highest BCUT2D eigenvalue weighted by Gasteiger charge is 2.34. The number of allylic oxidation sites excluding steroid dienone is 1. The third-order valence-corrected chi connectivity index (χ3v) is 9.10. The molecule has 2 heterocycles. The zero-order chi connectivity index (χ0) is 33.1. The van der Waals surface area contributed by atoms with Gasteiger partial charge in [-0.2, -0.15) is 0 Å². The minimum Gasteiger partial charge on any atom is -0.493 e. The minimum absolute atomic E-state index is 0.0766. The first-order valence-corrected chi connectivity index (χ1v) is 16.8. The van der Waals surface area contributed by atoms with Crippen LogP contribution in [0.2, 0.25) is 10.0 Å². The van der Waals surface area contributed by atoms with Crippen LogP contribution in [0, 0.1) is 0 Å². The van der Waals surface area contributed by atoms with Gasteiger partial charge in [-0.1, -0.05) is 52.7 Å². The van der Waals surface area contributed by atoms with E-state index in [-0.39, 0.29) is 23.8 Å². The molecule has 0 aliphatic carbocycles. The van der Waals surface area contributed by atoms with Gasteiger partial charge < -0.3 is 18.9 Å². The summed E-state index contributed by atoms with van der Waals surface area (Å²) >= 11 is 17.4. The molecule has 46 heavy (non-hydrogen) atoms. The van der Waals surface area contributed by atoms with Crippen molar-refractivity contribution in [3.63, 3.8) is 0 Å². The Morgan fingerprint density at radius 3 is 2.50 bits per heavy atom. The largest absolute Gasteiger partial charge is 0.493 e. The van der Waals surface area contributed by atoms with Crippen LogP contribution < -0.4 is 29.1 Å². The highest BCUT2D eigenvalue weighted by atomic mass is 79.9. The van der Waals surface area contributed by atoms with Crippen molar-refractivity contribution < 1.29 is 23.7 Å². The number of nitrogens with zero attached hydrogens (tertiary/aromatic N) is 2. The van der Waals surface area contributed by atoms with Crippen LogP contribution >= 0.6 is 50.5 Å². The Hall–Kier alpha value is -3.57. The number of carbonyl (C=O) groups is 1. The van der Waals surface area contributed by atoms with E-state index in [9.17, 15) is 9.59 Å². The average Bonchev–Trinajstić information content (AvgIpc) is 3.30. The molecule has 4 aromatic rings. The van der Waals surface area contributed by atoms with Gasteiger partial charge in [-0.25, -0.2) is 9.79 Å². The lowest BCUT2D eigenvalue weighted by Gasteiger charge is -2.25. The average molecular weight is 747 g/mol. The highest BCUT2D eigenvalue weighted by Crippen LogP contribution is 2.37. The SMILES string of the molecule is CCOC(=O)C1=C(C)N=c2s/c(=C\c3cc(Cl)c(OCc4ccc(Cl)cc4)c(Br)c3)c(=O)n2[C@H]1c1ccc(OC(C)C)c(OC)c1. The van der Waals surface area contributed by atoms with E-state index in [1.165, 1.54) is 15.9 Å². The third kappa shape index (κ3) is 7.20. The first kappa shape index (κ1) is 33.8. The van der Waals surface area contributed by atoms with Crippen LogP contribution in [0.1, 0.15) is 50.4 Å². The number of hydrogen-bond donors (Lipinski definition) is 0. The Labute approximate surface area is 288 Å². The first-order chi connectivity index (χ1) is 22.0. The second-order valence-electron chi connectivity index (χ2n) is 10.6. The van der Waals surface area contributed by atoms with Gasteiger partial charge in [0.15, 0.2) is 22.0 Å². The Kier molecular flexibility index (Phi) is 10.6. The number of fused-ring (bicyclic) bond motifs is 1. The lowest BCUT2D eigenvalue weighted by Crippen LogP contribution is -2.40. The van der Waals surface area contributed by atoms with Crippen LogP contribution in [0.15, 0.2) is 80.1 Å². The summed E-state index contributed by atoms with van der Waals surface area (Å²) in [6.07, 6.45) is 1.66. The van der Waals surface area contributed by atoms with Crippen LogP contribution in [0.4, 0.5) is 0 Å². The van der Waals surface area contributed by atoms with Crippen molar-refractivity contribution in [3.05, 3.63) is 117 Å². The Bertz CT molecular complexity index is 1980. The molecule has 0 amide bonds. The van der Waals surface area contributed by atoms with Crippen LogP contribution in [0.25, 0.3) is 6.08 Å². The normalized spacial score (nSPS) is 14.6. The summed E-state index contributed by atoms with van der Waals surface area (Å²) in [5.41, 5.74) is 2.67. The predicted octanol–water partition coefficient (Wildman–Crippen LogP) is 7.24. The third-order valence-electron chi connectivity index (χ3n) is 7.00. The molecule has 1 atom stereocenters. The van der Waals surface area contributed by atoms with E-state index in [2.05, 4.69) is 20.9 Å². The van der Waals surface area contributed by atoms with Crippen molar-refractivity contribution >= 4 is 62.5 Å². The number of thiazole rings is 1. The van der Waals surface area contributed by atoms with Crippen LogP contribution in [0.3, 0.4) is 0 Å². The summed E-state index contributed by atoms with van der Waals surface area (Å²) in [5, 5.41) is 1.02. The first-order valence-electron chi connectivity index (χ1n) is 14.4. The molecule has 12 heteroatoms. The van der Waals surface area contributed by atoms with Crippen molar-refractivity contribution in [2.24, 2.45) is 4.99 Å². The zero-order valence-corrected chi connectivity index (χ0v) is 29.6. The van der Waals surface area contributed by atoms with Gasteiger partial charge in [0.25, 0.3) is 5.56 Å². The van der Waals surface area contributed by atoms with Crippen molar-refractivity contribution in [1.82, 2.24) is 4.57 Å². The predicted molar refractivity (Wildman–Crippen MR) is 184 cm³/mol. The summed E-state index contributed by atoms with van der Waals surface area (Å²) in [6, 6.07) is 15.5. The Morgan fingerprint density at radius 1 is 1.11 bits per heavy atom. The van der Waals surface area contributed by atoms with E-state index in [4.69, 9.17) is 42.1 Å². The number of halogens is 3.